The summed E-state index contributed by atoms with van der Waals surface area (Å²) in [4.78, 5) is 19.1. The zero-order valence-corrected chi connectivity index (χ0v) is 10.4. The van der Waals surface area contributed by atoms with Crippen molar-refractivity contribution in [1.82, 2.24) is 15.3 Å². The van der Waals surface area contributed by atoms with Crippen LogP contribution in [0.4, 0.5) is 0 Å². The van der Waals surface area contributed by atoms with Crippen molar-refractivity contribution in [3.05, 3.63) is 40.4 Å². The number of aromatic nitrogens is 2. The van der Waals surface area contributed by atoms with Crippen LogP contribution in [0.5, 0.6) is 0 Å². The maximum Gasteiger partial charge on any atom is 0.258 e. The monoisotopic (exact) mass is 243 g/mol. The molecule has 0 bridgehead atoms. The van der Waals surface area contributed by atoms with Gasteiger partial charge in [-0.25, -0.2) is 4.98 Å². The van der Waals surface area contributed by atoms with Gasteiger partial charge < -0.3 is 10.3 Å². The van der Waals surface area contributed by atoms with Crippen molar-refractivity contribution < 1.29 is 0 Å². The number of nitrogens with zero attached hydrogens (tertiary/aromatic N) is 1. The van der Waals surface area contributed by atoms with Crippen LogP contribution in [0.2, 0.25) is 0 Å². The van der Waals surface area contributed by atoms with Crippen LogP contribution in [0, 0.1) is 11.8 Å². The van der Waals surface area contributed by atoms with Crippen LogP contribution in [0.15, 0.2) is 29.1 Å². The fourth-order valence-electron chi connectivity index (χ4n) is 2.28. The van der Waals surface area contributed by atoms with Gasteiger partial charge in [-0.05, 0) is 36.9 Å². The summed E-state index contributed by atoms with van der Waals surface area (Å²) < 4.78 is 0. The fourth-order valence-corrected chi connectivity index (χ4v) is 2.28. The van der Waals surface area contributed by atoms with Crippen molar-refractivity contribution in [3.8, 4) is 0 Å². The van der Waals surface area contributed by atoms with Crippen LogP contribution in [-0.4, -0.2) is 16.5 Å². The minimum absolute atomic E-state index is 0.0582. The van der Waals surface area contributed by atoms with Crippen LogP contribution in [0.1, 0.15) is 19.2 Å². The third-order valence-corrected chi connectivity index (χ3v) is 3.64. The second-order valence-electron chi connectivity index (χ2n) is 5.13. The Labute approximate surface area is 105 Å². The summed E-state index contributed by atoms with van der Waals surface area (Å²) in [5.41, 5.74) is 0.704. The van der Waals surface area contributed by atoms with Crippen LogP contribution >= 0.6 is 0 Å². The Morgan fingerprint density at radius 1 is 1.44 bits per heavy atom. The highest BCUT2D eigenvalue weighted by Gasteiger charge is 2.31. The van der Waals surface area contributed by atoms with Crippen molar-refractivity contribution in [2.24, 2.45) is 11.8 Å². The van der Waals surface area contributed by atoms with Crippen LogP contribution < -0.4 is 10.9 Å². The molecule has 0 saturated heterocycles. The SMILES string of the molecule is CC1CC1CNCc1nc2ccccc2c(=O)[nH]1. The maximum absolute atomic E-state index is 11.8. The normalized spacial score (nSPS) is 22.3. The van der Waals surface area contributed by atoms with E-state index in [2.05, 4.69) is 22.2 Å². The molecule has 4 heteroatoms. The summed E-state index contributed by atoms with van der Waals surface area (Å²) in [7, 11) is 0. The Morgan fingerprint density at radius 2 is 2.22 bits per heavy atom. The number of nitrogens with one attached hydrogen (secondary N) is 2. The van der Waals surface area contributed by atoms with Crippen LogP contribution in [0.25, 0.3) is 10.9 Å². The summed E-state index contributed by atoms with van der Waals surface area (Å²) in [6.45, 7) is 3.91. The number of hydrogen-bond donors (Lipinski definition) is 2. The third-order valence-electron chi connectivity index (χ3n) is 3.64. The number of fused-ring (bicyclic) bond motifs is 1. The molecule has 0 spiro atoms. The van der Waals surface area contributed by atoms with Gasteiger partial charge >= 0.3 is 0 Å². The molecule has 0 amide bonds. The molecule has 1 aliphatic rings. The summed E-state index contributed by atoms with van der Waals surface area (Å²) in [5, 5.41) is 4.00. The van der Waals surface area contributed by atoms with E-state index < -0.39 is 0 Å². The van der Waals surface area contributed by atoms with Gasteiger partial charge in [-0.2, -0.15) is 0 Å². The average molecular weight is 243 g/mol. The zero-order chi connectivity index (χ0) is 12.5. The number of benzene rings is 1. The highest BCUT2D eigenvalue weighted by atomic mass is 16.1. The Morgan fingerprint density at radius 3 is 3.00 bits per heavy atom. The van der Waals surface area contributed by atoms with Crippen LogP contribution in [-0.2, 0) is 6.54 Å². The second-order valence-corrected chi connectivity index (χ2v) is 5.13. The van der Waals surface area contributed by atoms with Gasteiger partial charge in [0.1, 0.15) is 5.82 Å². The van der Waals surface area contributed by atoms with E-state index in [0.717, 1.165) is 23.9 Å². The number of H-pyrrole nitrogens is 1. The summed E-state index contributed by atoms with van der Waals surface area (Å²) >= 11 is 0. The number of aromatic amines is 1. The Hall–Kier alpha value is -1.68. The topological polar surface area (TPSA) is 57.8 Å². The molecule has 1 aliphatic carbocycles. The number of rotatable bonds is 4. The molecule has 2 unspecified atom stereocenters. The lowest BCUT2D eigenvalue weighted by atomic mass is 10.2. The molecule has 0 radical (unpaired) electrons. The van der Waals surface area contributed by atoms with Gasteiger partial charge in [-0.15, -0.1) is 0 Å². The van der Waals surface area contributed by atoms with Gasteiger partial charge in [0.25, 0.3) is 5.56 Å². The Balaban J connectivity index is 1.74. The fraction of sp³-hybridized carbons (Fsp3) is 0.429. The maximum atomic E-state index is 11.8. The molecule has 1 heterocycles. The molecule has 18 heavy (non-hydrogen) atoms. The molecule has 2 aromatic rings. The lowest BCUT2D eigenvalue weighted by Crippen LogP contribution is -2.21. The minimum Gasteiger partial charge on any atom is -0.310 e. The Kier molecular flexibility index (Phi) is 2.88. The van der Waals surface area contributed by atoms with Crippen molar-refractivity contribution in [1.29, 1.82) is 0 Å². The third kappa shape index (κ3) is 2.29. The van der Waals surface area contributed by atoms with E-state index in [0.29, 0.717) is 17.8 Å². The van der Waals surface area contributed by atoms with Crippen molar-refractivity contribution in [2.75, 3.05) is 6.54 Å². The molecule has 1 aromatic heterocycles. The second kappa shape index (κ2) is 4.53. The molecule has 94 valence electrons. The van der Waals surface area contributed by atoms with E-state index in [1.807, 2.05) is 18.2 Å². The molecule has 1 aromatic carbocycles. The first-order chi connectivity index (χ1) is 8.74. The van der Waals surface area contributed by atoms with Gasteiger partial charge in [-0.3, -0.25) is 4.79 Å². The van der Waals surface area contributed by atoms with Crippen molar-refractivity contribution >= 4 is 10.9 Å². The van der Waals surface area contributed by atoms with E-state index in [1.54, 1.807) is 6.07 Å². The summed E-state index contributed by atoms with van der Waals surface area (Å²) in [6.07, 6.45) is 1.31. The lowest BCUT2D eigenvalue weighted by Gasteiger charge is -2.04. The van der Waals surface area contributed by atoms with E-state index in [4.69, 9.17) is 0 Å². The molecule has 3 rings (SSSR count). The summed E-state index contributed by atoms with van der Waals surface area (Å²) in [5.74, 6) is 2.37. The van der Waals surface area contributed by atoms with Gasteiger partial charge in [0.15, 0.2) is 0 Å². The molecule has 1 saturated carbocycles. The quantitative estimate of drug-likeness (QED) is 0.858. The first-order valence-electron chi connectivity index (χ1n) is 6.42. The van der Waals surface area contributed by atoms with Gasteiger partial charge in [0.2, 0.25) is 0 Å². The standard InChI is InChI=1S/C14H17N3O/c1-9-6-10(9)7-15-8-13-16-12-5-3-2-4-11(12)14(18)17-13/h2-5,9-10,15H,6-8H2,1H3,(H,16,17,18). The molecule has 0 aliphatic heterocycles. The number of hydrogen-bond acceptors (Lipinski definition) is 3. The predicted molar refractivity (Wildman–Crippen MR) is 71.3 cm³/mol. The first kappa shape index (κ1) is 11.4. The molecule has 2 N–H and O–H groups in total. The molecule has 4 nitrogen and oxygen atoms in total. The summed E-state index contributed by atoms with van der Waals surface area (Å²) in [6, 6.07) is 7.42. The largest absolute Gasteiger partial charge is 0.310 e. The van der Waals surface area contributed by atoms with Crippen LogP contribution in [0.3, 0.4) is 0 Å². The lowest BCUT2D eigenvalue weighted by molar-refractivity contribution is 0.597. The molecular weight excluding hydrogens is 226 g/mol. The van der Waals surface area contributed by atoms with E-state index in [9.17, 15) is 4.79 Å². The van der Waals surface area contributed by atoms with E-state index in [-0.39, 0.29) is 5.56 Å². The highest BCUT2D eigenvalue weighted by molar-refractivity contribution is 5.77. The van der Waals surface area contributed by atoms with Gasteiger partial charge in [-0.1, -0.05) is 19.1 Å². The zero-order valence-electron chi connectivity index (χ0n) is 10.4. The average Bonchev–Trinajstić information content (AvgIpc) is 3.05. The minimum atomic E-state index is -0.0582. The highest BCUT2D eigenvalue weighted by Crippen LogP contribution is 2.36. The smallest absolute Gasteiger partial charge is 0.258 e. The molecule has 2 atom stereocenters. The number of para-hydroxylation sites is 1. The van der Waals surface area contributed by atoms with Gasteiger partial charge in [0, 0.05) is 0 Å². The van der Waals surface area contributed by atoms with E-state index in [1.165, 1.54) is 6.42 Å². The van der Waals surface area contributed by atoms with E-state index >= 15 is 0 Å². The van der Waals surface area contributed by atoms with Gasteiger partial charge in [0.05, 0.1) is 17.4 Å². The van der Waals surface area contributed by atoms with Crippen molar-refractivity contribution in [3.63, 3.8) is 0 Å². The predicted octanol–water partition coefficient (Wildman–Crippen LogP) is 1.67. The molecule has 1 fully saturated rings. The molecular formula is C14H17N3O. The van der Waals surface area contributed by atoms with Crippen molar-refractivity contribution in [2.45, 2.75) is 19.9 Å². The Bertz CT molecular complexity index is 620. The first-order valence-corrected chi connectivity index (χ1v) is 6.42.